The van der Waals surface area contributed by atoms with E-state index in [1.165, 1.54) is 37.2 Å². The third-order valence-electron chi connectivity index (χ3n) is 8.87. The van der Waals surface area contributed by atoms with Crippen LogP contribution in [0, 0.1) is 40.4 Å². The Morgan fingerprint density at radius 3 is 2.50 bits per heavy atom. The van der Waals surface area contributed by atoms with E-state index in [0.29, 0.717) is 53.6 Å². The fraction of sp³-hybridized carbons (Fsp3) is 0.613. The van der Waals surface area contributed by atoms with Gasteiger partial charge in [0, 0.05) is 25.1 Å². The van der Waals surface area contributed by atoms with Gasteiger partial charge in [-0.05, 0) is 94.4 Å². The summed E-state index contributed by atoms with van der Waals surface area (Å²) in [7, 11) is 0. The average Bonchev–Trinajstić information content (AvgIpc) is 2.89. The lowest BCUT2D eigenvalue weighted by atomic mass is 9.45. The summed E-state index contributed by atoms with van der Waals surface area (Å²) >= 11 is 0. The molecule has 0 amide bonds. The SMILES string of the molecule is CC(C)(C)OC(=O)CCC1[C@@H]2CC3C[C@H]1CC(CNc1nc(NCc4ccccc4OC(F)(F)F)ncc1C#N)(C3)C2. The number of halogens is 3. The lowest BCUT2D eigenvalue weighted by molar-refractivity contribution is -0.274. The van der Waals surface area contributed by atoms with Crippen molar-refractivity contribution in [1.29, 1.82) is 5.26 Å². The summed E-state index contributed by atoms with van der Waals surface area (Å²) in [4.78, 5) is 21.1. The molecule has 4 saturated carbocycles. The summed E-state index contributed by atoms with van der Waals surface area (Å²) in [6.45, 7) is 6.38. The number of benzene rings is 1. The van der Waals surface area contributed by atoms with Crippen molar-refractivity contribution in [3.05, 3.63) is 41.6 Å². The van der Waals surface area contributed by atoms with Gasteiger partial charge in [0.1, 0.15) is 28.8 Å². The number of anilines is 2. The van der Waals surface area contributed by atoms with Gasteiger partial charge in [0.05, 0.1) is 6.20 Å². The molecule has 3 unspecified atom stereocenters. The van der Waals surface area contributed by atoms with Crippen molar-refractivity contribution in [2.24, 2.45) is 29.1 Å². The molecule has 8 nitrogen and oxygen atoms in total. The maximum atomic E-state index is 12.8. The van der Waals surface area contributed by atoms with Crippen molar-refractivity contribution in [3.63, 3.8) is 0 Å². The van der Waals surface area contributed by atoms with E-state index in [1.807, 2.05) is 20.8 Å². The van der Waals surface area contributed by atoms with E-state index in [-0.39, 0.29) is 29.6 Å². The van der Waals surface area contributed by atoms with Crippen LogP contribution in [0.5, 0.6) is 5.75 Å². The molecule has 0 radical (unpaired) electrons. The molecule has 1 heterocycles. The van der Waals surface area contributed by atoms with Crippen LogP contribution >= 0.6 is 0 Å². The first kappa shape index (κ1) is 29.9. The highest BCUT2D eigenvalue weighted by molar-refractivity contribution is 5.69. The van der Waals surface area contributed by atoms with E-state index >= 15 is 0 Å². The first-order valence-corrected chi connectivity index (χ1v) is 14.6. The number of alkyl halides is 3. The third-order valence-corrected chi connectivity index (χ3v) is 8.87. The van der Waals surface area contributed by atoms with Crippen LogP contribution < -0.4 is 15.4 Å². The van der Waals surface area contributed by atoms with Crippen molar-refractivity contribution in [3.8, 4) is 11.8 Å². The zero-order chi connectivity index (χ0) is 30.1. The number of carbonyl (C=O) groups excluding carboxylic acids is 1. The summed E-state index contributed by atoms with van der Waals surface area (Å²) < 4.78 is 48.1. The van der Waals surface area contributed by atoms with Crippen LogP contribution in [0.4, 0.5) is 24.9 Å². The van der Waals surface area contributed by atoms with Crippen molar-refractivity contribution in [2.75, 3.05) is 17.2 Å². The second-order valence-electron chi connectivity index (χ2n) is 13.2. The second-order valence-corrected chi connectivity index (χ2v) is 13.2. The van der Waals surface area contributed by atoms with E-state index in [9.17, 15) is 23.2 Å². The maximum Gasteiger partial charge on any atom is 0.573 e. The van der Waals surface area contributed by atoms with Crippen molar-refractivity contribution in [2.45, 2.75) is 84.2 Å². The lowest BCUT2D eigenvalue weighted by Gasteiger charge is -2.60. The average molecular weight is 586 g/mol. The van der Waals surface area contributed by atoms with E-state index < -0.39 is 12.0 Å². The molecular formula is C31H38F3N5O3. The van der Waals surface area contributed by atoms with Crippen molar-refractivity contribution < 1.29 is 27.4 Å². The largest absolute Gasteiger partial charge is 0.573 e. The Morgan fingerprint density at radius 2 is 1.83 bits per heavy atom. The molecule has 4 fully saturated rings. The summed E-state index contributed by atoms with van der Waals surface area (Å²) in [6, 6.07) is 8.02. The molecule has 2 aromatic rings. The molecule has 2 N–H and O–H groups in total. The van der Waals surface area contributed by atoms with Crippen LogP contribution in [-0.4, -0.2) is 34.4 Å². The normalized spacial score (nSPS) is 26.4. The number of hydrogen-bond acceptors (Lipinski definition) is 8. The summed E-state index contributed by atoms with van der Waals surface area (Å²) in [5, 5.41) is 16.1. The zero-order valence-electron chi connectivity index (χ0n) is 24.3. The number of carbonyl (C=O) groups is 1. The minimum Gasteiger partial charge on any atom is -0.460 e. The number of aromatic nitrogens is 2. The number of nitriles is 1. The van der Waals surface area contributed by atoms with E-state index in [4.69, 9.17) is 4.74 Å². The molecule has 1 aromatic carbocycles. The van der Waals surface area contributed by atoms with Crippen LogP contribution in [0.3, 0.4) is 0 Å². The van der Waals surface area contributed by atoms with Crippen LogP contribution in [0.2, 0.25) is 0 Å². The molecular weight excluding hydrogens is 547 g/mol. The number of nitrogens with one attached hydrogen (secondary N) is 2. The van der Waals surface area contributed by atoms with Gasteiger partial charge in [0.25, 0.3) is 0 Å². The van der Waals surface area contributed by atoms with E-state index in [0.717, 1.165) is 25.7 Å². The minimum absolute atomic E-state index is 0.0112. The number of hydrogen-bond donors (Lipinski definition) is 2. The molecule has 0 spiro atoms. The fourth-order valence-electron chi connectivity index (χ4n) is 7.67. The number of nitrogens with zero attached hydrogens (tertiary/aromatic N) is 3. The highest BCUT2D eigenvalue weighted by atomic mass is 19.4. The molecule has 4 aliphatic rings. The van der Waals surface area contributed by atoms with Gasteiger partial charge in [-0.15, -0.1) is 13.2 Å². The van der Waals surface area contributed by atoms with Crippen LogP contribution in [-0.2, 0) is 16.1 Å². The van der Waals surface area contributed by atoms with Gasteiger partial charge < -0.3 is 20.1 Å². The van der Waals surface area contributed by atoms with Gasteiger partial charge in [-0.3, -0.25) is 4.79 Å². The Balaban J connectivity index is 1.21. The van der Waals surface area contributed by atoms with Gasteiger partial charge in [-0.2, -0.15) is 10.2 Å². The molecule has 4 bridgehead atoms. The molecule has 42 heavy (non-hydrogen) atoms. The molecule has 11 heteroatoms. The lowest BCUT2D eigenvalue weighted by Crippen LogP contribution is -2.53. The highest BCUT2D eigenvalue weighted by Gasteiger charge is 2.54. The van der Waals surface area contributed by atoms with Gasteiger partial charge in [-0.25, -0.2) is 4.98 Å². The number of rotatable bonds is 10. The molecule has 0 saturated heterocycles. The second kappa shape index (κ2) is 11.6. The molecule has 6 rings (SSSR count). The molecule has 226 valence electrons. The third kappa shape index (κ3) is 7.26. The number of esters is 1. The summed E-state index contributed by atoms with van der Waals surface area (Å²) in [5.41, 5.74) is 0.244. The Hall–Kier alpha value is -3.55. The van der Waals surface area contributed by atoms with E-state index in [2.05, 4.69) is 31.4 Å². The molecule has 4 aliphatic carbocycles. The van der Waals surface area contributed by atoms with Crippen LogP contribution in [0.1, 0.15) is 76.8 Å². The van der Waals surface area contributed by atoms with Gasteiger partial charge in [0.2, 0.25) is 5.95 Å². The predicted octanol–water partition coefficient (Wildman–Crippen LogP) is 6.84. The Kier molecular flexibility index (Phi) is 8.28. The van der Waals surface area contributed by atoms with Gasteiger partial charge >= 0.3 is 12.3 Å². The zero-order valence-corrected chi connectivity index (χ0v) is 24.3. The predicted molar refractivity (Wildman–Crippen MR) is 150 cm³/mol. The quantitative estimate of drug-likeness (QED) is 0.292. The van der Waals surface area contributed by atoms with Gasteiger partial charge in [-0.1, -0.05) is 18.2 Å². The smallest absolute Gasteiger partial charge is 0.460 e. The summed E-state index contributed by atoms with van der Waals surface area (Å²) in [6.07, 6.45) is 3.68. The fourth-order valence-corrected chi connectivity index (χ4v) is 7.67. The number of ether oxygens (including phenoxy) is 2. The standard InChI is InChI=1S/C31H38F3N5O3/c1-29(2,3)42-26(40)9-8-24-21-10-19-11-22(24)14-30(12-19,13-21)18-38-27-23(15-35)17-37-28(39-27)36-16-20-6-4-5-7-25(20)41-31(32,33)34/h4-7,17,19,21-22,24H,8-14,16,18H2,1-3H3,(H2,36,37,38,39)/t19?,21-,22+,24?,30?. The Labute approximate surface area is 244 Å². The highest BCUT2D eigenvalue weighted by Crippen LogP contribution is 2.63. The Morgan fingerprint density at radius 1 is 1.12 bits per heavy atom. The topological polar surface area (TPSA) is 109 Å². The van der Waals surface area contributed by atoms with Crippen LogP contribution in [0.25, 0.3) is 0 Å². The molecule has 0 aliphatic heterocycles. The minimum atomic E-state index is -4.80. The number of para-hydroxylation sites is 1. The monoisotopic (exact) mass is 585 g/mol. The van der Waals surface area contributed by atoms with Gasteiger partial charge in [0.15, 0.2) is 0 Å². The maximum absolute atomic E-state index is 12.8. The van der Waals surface area contributed by atoms with Crippen molar-refractivity contribution in [1.82, 2.24) is 9.97 Å². The Bertz CT molecular complexity index is 1320. The van der Waals surface area contributed by atoms with Crippen LogP contribution in [0.15, 0.2) is 30.5 Å². The van der Waals surface area contributed by atoms with E-state index in [1.54, 1.807) is 6.07 Å². The van der Waals surface area contributed by atoms with Crippen molar-refractivity contribution >= 4 is 17.7 Å². The molecule has 1 aromatic heterocycles. The molecule has 5 atom stereocenters. The summed E-state index contributed by atoms with van der Waals surface area (Å²) in [5.74, 6) is 2.57. The first-order valence-electron chi connectivity index (χ1n) is 14.6. The first-order chi connectivity index (χ1) is 19.8.